The highest BCUT2D eigenvalue weighted by atomic mass is 19.4. The van der Waals surface area contributed by atoms with Gasteiger partial charge in [0.2, 0.25) is 5.91 Å². The van der Waals surface area contributed by atoms with Crippen LogP contribution < -0.4 is 4.90 Å². The number of nitrogens with zero attached hydrogens (tertiary/aromatic N) is 2. The Labute approximate surface area is 125 Å². The van der Waals surface area contributed by atoms with Crippen molar-refractivity contribution < 1.29 is 18.0 Å². The van der Waals surface area contributed by atoms with E-state index in [1.54, 1.807) is 17.2 Å². The number of hydrogen-bond donors (Lipinski definition) is 1. The number of piperazine rings is 1. The molecule has 1 aliphatic rings. The number of amides is 1. The Bertz CT molecular complexity index is 700. The van der Waals surface area contributed by atoms with Gasteiger partial charge >= 0.3 is 6.18 Å². The van der Waals surface area contributed by atoms with Crippen LogP contribution in [-0.4, -0.2) is 42.0 Å². The third-order valence-electron chi connectivity index (χ3n) is 4.04. The van der Waals surface area contributed by atoms with E-state index in [1.807, 2.05) is 4.90 Å². The van der Waals surface area contributed by atoms with Crippen LogP contribution in [0.1, 0.15) is 12.5 Å². The van der Waals surface area contributed by atoms with Crippen molar-refractivity contribution in [2.45, 2.75) is 13.1 Å². The van der Waals surface area contributed by atoms with Crippen molar-refractivity contribution in [2.75, 3.05) is 31.1 Å². The van der Waals surface area contributed by atoms with Crippen LogP contribution in [0.5, 0.6) is 0 Å². The van der Waals surface area contributed by atoms with Crippen LogP contribution in [0.25, 0.3) is 10.9 Å². The summed E-state index contributed by atoms with van der Waals surface area (Å²) in [5.74, 6) is -0.00418. The van der Waals surface area contributed by atoms with Crippen LogP contribution in [0.4, 0.5) is 18.9 Å². The average Bonchev–Trinajstić information content (AvgIpc) is 2.93. The maximum atomic E-state index is 13.1. The number of alkyl halides is 3. The molecule has 118 valence electrons. The first-order valence-electron chi connectivity index (χ1n) is 7.05. The van der Waals surface area contributed by atoms with Crippen molar-refractivity contribution in [1.29, 1.82) is 0 Å². The number of carbonyl (C=O) groups is 1. The molecule has 0 bridgehead atoms. The van der Waals surface area contributed by atoms with Gasteiger partial charge in [0.1, 0.15) is 0 Å². The van der Waals surface area contributed by atoms with Crippen molar-refractivity contribution in [3.05, 3.63) is 30.0 Å². The molecule has 1 aromatic carbocycles. The van der Waals surface area contributed by atoms with Crippen LogP contribution in [0.2, 0.25) is 0 Å². The Hall–Kier alpha value is -2.18. The standard InChI is InChI=1S/C15H16F3N3O/c1-10(22)20-4-6-21(7-5-20)14-9-11(15(16,17)18)8-13-12(14)2-3-19-13/h2-3,8-9,19H,4-7H2,1H3. The van der Waals surface area contributed by atoms with Gasteiger partial charge in [-0.15, -0.1) is 0 Å². The second kappa shape index (κ2) is 5.23. The predicted molar refractivity (Wildman–Crippen MR) is 77.8 cm³/mol. The topological polar surface area (TPSA) is 39.3 Å². The first-order chi connectivity index (χ1) is 10.4. The van der Waals surface area contributed by atoms with Crippen LogP contribution in [0.3, 0.4) is 0 Å². The Balaban J connectivity index is 1.96. The predicted octanol–water partition coefficient (Wildman–Crippen LogP) is 2.86. The Morgan fingerprint density at radius 2 is 1.86 bits per heavy atom. The molecule has 0 atom stereocenters. The van der Waals surface area contributed by atoms with Crippen molar-refractivity contribution >= 4 is 22.5 Å². The fourth-order valence-corrected chi connectivity index (χ4v) is 2.83. The van der Waals surface area contributed by atoms with Crippen molar-refractivity contribution in [3.63, 3.8) is 0 Å². The van der Waals surface area contributed by atoms with Gasteiger partial charge in [-0.3, -0.25) is 4.79 Å². The van der Waals surface area contributed by atoms with E-state index in [-0.39, 0.29) is 5.91 Å². The second-order valence-corrected chi connectivity index (χ2v) is 5.43. The Kier molecular flexibility index (Phi) is 3.50. The van der Waals surface area contributed by atoms with Crippen LogP contribution >= 0.6 is 0 Å². The molecule has 22 heavy (non-hydrogen) atoms. The van der Waals surface area contributed by atoms with Crippen molar-refractivity contribution in [2.24, 2.45) is 0 Å². The van der Waals surface area contributed by atoms with Crippen LogP contribution in [-0.2, 0) is 11.0 Å². The first-order valence-corrected chi connectivity index (χ1v) is 7.05. The van der Waals surface area contributed by atoms with Gasteiger partial charge in [0.05, 0.1) is 5.56 Å². The first kappa shape index (κ1) is 14.7. The molecule has 1 amide bonds. The minimum Gasteiger partial charge on any atom is -0.367 e. The molecule has 7 heteroatoms. The number of aromatic nitrogens is 1. The van der Waals surface area contributed by atoms with Gasteiger partial charge in [-0.05, 0) is 18.2 Å². The molecule has 1 fully saturated rings. The molecule has 0 spiro atoms. The second-order valence-electron chi connectivity index (χ2n) is 5.43. The number of halogens is 3. The smallest absolute Gasteiger partial charge is 0.367 e. The molecule has 1 N–H and O–H groups in total. The third kappa shape index (κ3) is 2.63. The van der Waals surface area contributed by atoms with E-state index in [0.29, 0.717) is 37.4 Å². The lowest BCUT2D eigenvalue weighted by atomic mass is 10.1. The summed E-state index contributed by atoms with van der Waals surface area (Å²) < 4.78 is 39.2. The third-order valence-corrected chi connectivity index (χ3v) is 4.04. The highest BCUT2D eigenvalue weighted by Crippen LogP contribution is 2.36. The van der Waals surface area contributed by atoms with Crippen molar-refractivity contribution in [3.8, 4) is 0 Å². The summed E-state index contributed by atoms with van der Waals surface area (Å²) in [6, 6.07) is 4.10. The minimum absolute atomic E-state index is 0.00418. The SMILES string of the molecule is CC(=O)N1CCN(c2cc(C(F)(F)F)cc3[nH]ccc23)CC1. The highest BCUT2D eigenvalue weighted by Gasteiger charge is 2.32. The number of aromatic amines is 1. The number of nitrogens with one attached hydrogen (secondary N) is 1. The van der Waals surface area contributed by atoms with E-state index < -0.39 is 11.7 Å². The lowest BCUT2D eigenvalue weighted by Gasteiger charge is -2.36. The summed E-state index contributed by atoms with van der Waals surface area (Å²) in [5.41, 5.74) is 0.375. The van der Waals surface area contributed by atoms with Crippen LogP contribution in [0.15, 0.2) is 24.4 Å². The van der Waals surface area contributed by atoms with E-state index in [1.165, 1.54) is 13.0 Å². The normalized spacial score (nSPS) is 16.4. The summed E-state index contributed by atoms with van der Waals surface area (Å²) >= 11 is 0. The maximum absolute atomic E-state index is 13.1. The minimum atomic E-state index is -4.38. The van der Waals surface area contributed by atoms with Gasteiger partial charge in [0.25, 0.3) is 0 Å². The zero-order valence-electron chi connectivity index (χ0n) is 12.1. The lowest BCUT2D eigenvalue weighted by molar-refractivity contribution is -0.137. The molecule has 0 saturated carbocycles. The van der Waals surface area contributed by atoms with Gasteiger partial charge in [-0.25, -0.2) is 0 Å². The number of hydrogen-bond acceptors (Lipinski definition) is 2. The number of rotatable bonds is 1. The van der Waals surface area contributed by atoms with Gasteiger partial charge < -0.3 is 14.8 Å². The van der Waals surface area contributed by atoms with E-state index in [9.17, 15) is 18.0 Å². The summed E-state index contributed by atoms with van der Waals surface area (Å²) in [5, 5.41) is 0.768. The number of carbonyl (C=O) groups excluding carboxylic acids is 1. The van der Waals surface area contributed by atoms with E-state index >= 15 is 0 Å². The molecule has 1 aliphatic heterocycles. The summed E-state index contributed by atoms with van der Waals surface area (Å²) in [4.78, 5) is 17.8. The van der Waals surface area contributed by atoms with Gasteiger partial charge in [0.15, 0.2) is 0 Å². The number of benzene rings is 1. The number of fused-ring (bicyclic) bond motifs is 1. The molecule has 3 rings (SSSR count). The molecule has 0 unspecified atom stereocenters. The molecule has 0 aliphatic carbocycles. The van der Waals surface area contributed by atoms with E-state index in [4.69, 9.17) is 0 Å². The molecule has 4 nitrogen and oxygen atoms in total. The number of anilines is 1. The number of H-pyrrole nitrogens is 1. The molecule has 0 radical (unpaired) electrons. The monoisotopic (exact) mass is 311 g/mol. The highest BCUT2D eigenvalue weighted by molar-refractivity contribution is 5.93. The maximum Gasteiger partial charge on any atom is 0.416 e. The largest absolute Gasteiger partial charge is 0.416 e. The fraction of sp³-hybridized carbons (Fsp3) is 0.400. The zero-order valence-corrected chi connectivity index (χ0v) is 12.1. The molecular formula is C15H16F3N3O. The van der Waals surface area contributed by atoms with Gasteiger partial charge in [-0.2, -0.15) is 13.2 Å². The molecule has 1 saturated heterocycles. The molecular weight excluding hydrogens is 295 g/mol. The van der Waals surface area contributed by atoms with E-state index in [0.717, 1.165) is 11.5 Å². The quantitative estimate of drug-likeness (QED) is 0.879. The van der Waals surface area contributed by atoms with Gasteiger partial charge in [-0.1, -0.05) is 0 Å². The lowest BCUT2D eigenvalue weighted by Crippen LogP contribution is -2.48. The Morgan fingerprint density at radius 3 is 2.45 bits per heavy atom. The fourth-order valence-electron chi connectivity index (χ4n) is 2.83. The summed E-state index contributed by atoms with van der Waals surface area (Å²) in [6.45, 7) is 3.61. The van der Waals surface area contributed by atoms with Crippen molar-refractivity contribution in [1.82, 2.24) is 9.88 Å². The van der Waals surface area contributed by atoms with E-state index in [2.05, 4.69) is 4.98 Å². The average molecular weight is 311 g/mol. The summed E-state index contributed by atoms with van der Waals surface area (Å²) in [6.07, 6.45) is -2.74. The molecule has 2 aromatic rings. The summed E-state index contributed by atoms with van der Waals surface area (Å²) in [7, 11) is 0. The van der Waals surface area contributed by atoms with Gasteiger partial charge in [0, 0.05) is 55.9 Å². The molecule has 2 heterocycles. The Morgan fingerprint density at radius 1 is 1.18 bits per heavy atom. The van der Waals surface area contributed by atoms with Crippen LogP contribution in [0, 0.1) is 0 Å². The molecule has 1 aromatic heterocycles. The zero-order chi connectivity index (χ0) is 15.9.